The van der Waals surface area contributed by atoms with E-state index in [2.05, 4.69) is 48.9 Å². The minimum atomic E-state index is -0.248. The van der Waals surface area contributed by atoms with Gasteiger partial charge in [-0.1, -0.05) is 25.1 Å². The fourth-order valence-corrected chi connectivity index (χ4v) is 3.32. The summed E-state index contributed by atoms with van der Waals surface area (Å²) in [5, 5.41) is 4.01. The van der Waals surface area contributed by atoms with Gasteiger partial charge in [0.2, 0.25) is 0 Å². The number of para-hydroxylation sites is 1. The van der Waals surface area contributed by atoms with E-state index in [1.807, 2.05) is 43.0 Å². The molecule has 5 N–H and O–H groups in total. The second-order valence-electron chi connectivity index (χ2n) is 7.47. The third-order valence-electron chi connectivity index (χ3n) is 4.93. The standard InChI is InChI=1S/C17H25N4O.C5H11NOS.C3H9N/c1-5-20(3)15-13-9-7-8-10-14(13)19-17(18)16(15)21(4)11-12-22-6-2;1-8-3-2-5(6)4-7;1-3-4-2/h7-10H,4-6,11-12H2,1-3H3,(H2,18,19);4-5H,2-3,6H2,1H3;4H,3H2,1-2H3/q+1;;. The molecule has 1 heterocycles. The molecule has 1 atom stereocenters. The summed E-state index contributed by atoms with van der Waals surface area (Å²) < 4.78 is 7.30. The third kappa shape index (κ3) is 11.3. The molecule has 0 bridgehead atoms. The molecule has 1 aromatic heterocycles. The van der Waals surface area contributed by atoms with Crippen molar-refractivity contribution in [3.05, 3.63) is 24.3 Å². The van der Waals surface area contributed by atoms with Crippen LogP contribution < -0.4 is 21.7 Å². The maximum atomic E-state index is 9.88. The van der Waals surface area contributed by atoms with Crippen LogP contribution in [0.1, 0.15) is 27.2 Å². The summed E-state index contributed by atoms with van der Waals surface area (Å²) in [6.45, 7) is 14.2. The quantitative estimate of drug-likeness (QED) is 0.179. The van der Waals surface area contributed by atoms with Gasteiger partial charge >= 0.3 is 0 Å². The number of carbonyl (C=O) groups excluding carboxylic acids is 1. The molecule has 2 rings (SSSR count). The van der Waals surface area contributed by atoms with Gasteiger partial charge in [-0.25, -0.2) is 4.98 Å². The van der Waals surface area contributed by atoms with Gasteiger partial charge < -0.3 is 31.2 Å². The van der Waals surface area contributed by atoms with Crippen molar-refractivity contribution in [2.75, 3.05) is 69.6 Å². The number of hydrogen-bond donors (Lipinski definition) is 3. The van der Waals surface area contributed by atoms with E-state index in [4.69, 9.17) is 16.2 Å². The number of carbonyl (C=O) groups is 1. The molecule has 1 unspecified atom stereocenters. The fourth-order valence-electron chi connectivity index (χ4n) is 2.81. The first-order valence-corrected chi connectivity index (χ1v) is 13.1. The molecular formula is C25H45N6O2S+. The van der Waals surface area contributed by atoms with E-state index in [0.717, 1.165) is 53.8 Å². The van der Waals surface area contributed by atoms with Gasteiger partial charge in [-0.05, 0) is 51.9 Å². The number of nitrogens with one attached hydrogen (secondary N) is 1. The molecule has 1 aromatic carbocycles. The Morgan fingerprint density at radius 1 is 1.32 bits per heavy atom. The van der Waals surface area contributed by atoms with Gasteiger partial charge in [-0.3, -0.25) is 0 Å². The van der Waals surface area contributed by atoms with Crippen molar-refractivity contribution in [3.8, 4) is 0 Å². The van der Waals surface area contributed by atoms with E-state index in [9.17, 15) is 4.79 Å². The Labute approximate surface area is 210 Å². The number of fused-ring (bicyclic) bond motifs is 1. The molecule has 192 valence electrons. The number of pyridine rings is 1. The summed E-state index contributed by atoms with van der Waals surface area (Å²) in [4.78, 5) is 16.6. The maximum Gasteiger partial charge on any atom is 0.271 e. The number of nitrogen functional groups attached to an aromatic ring is 1. The number of anilines is 2. The number of nitrogens with zero attached hydrogens (tertiary/aromatic N) is 3. The van der Waals surface area contributed by atoms with Crippen LogP contribution in [0.5, 0.6) is 0 Å². The first-order valence-electron chi connectivity index (χ1n) is 11.7. The molecule has 0 aliphatic carbocycles. The minimum absolute atomic E-state index is 0.248. The molecule has 2 aromatic rings. The van der Waals surface area contributed by atoms with Crippen molar-refractivity contribution in [2.24, 2.45) is 5.73 Å². The number of hydrogen-bond acceptors (Lipinski definition) is 8. The fraction of sp³-hybridized carbons (Fsp3) is 0.560. The first kappa shape index (κ1) is 31.8. The zero-order valence-corrected chi connectivity index (χ0v) is 22.7. The highest BCUT2D eigenvalue weighted by atomic mass is 32.2. The van der Waals surface area contributed by atoms with Crippen LogP contribution in [0.3, 0.4) is 0 Å². The van der Waals surface area contributed by atoms with Crippen molar-refractivity contribution in [1.29, 1.82) is 0 Å². The summed E-state index contributed by atoms with van der Waals surface area (Å²) in [6.07, 6.45) is 3.58. The highest BCUT2D eigenvalue weighted by molar-refractivity contribution is 7.98. The number of aldehydes is 1. The van der Waals surface area contributed by atoms with E-state index in [1.54, 1.807) is 11.8 Å². The number of aromatic nitrogens is 1. The van der Waals surface area contributed by atoms with Crippen molar-refractivity contribution >= 4 is 52.9 Å². The summed E-state index contributed by atoms with van der Waals surface area (Å²) in [6, 6.07) is 7.80. The molecule has 8 nitrogen and oxygen atoms in total. The summed E-state index contributed by atoms with van der Waals surface area (Å²) in [5.74, 6) is 1.47. The lowest BCUT2D eigenvalue weighted by molar-refractivity contribution is -0.434. The van der Waals surface area contributed by atoms with Crippen LogP contribution in [0, 0.1) is 0 Å². The lowest BCUT2D eigenvalue weighted by Crippen LogP contribution is -2.21. The van der Waals surface area contributed by atoms with Crippen molar-refractivity contribution in [2.45, 2.75) is 33.2 Å². The zero-order chi connectivity index (χ0) is 25.9. The largest absolute Gasteiger partial charge is 0.378 e. The van der Waals surface area contributed by atoms with E-state index in [0.29, 0.717) is 25.6 Å². The lowest BCUT2D eigenvalue weighted by atomic mass is 10.1. The van der Waals surface area contributed by atoms with Crippen LogP contribution >= 0.6 is 11.8 Å². The molecule has 34 heavy (non-hydrogen) atoms. The van der Waals surface area contributed by atoms with E-state index in [-0.39, 0.29) is 6.04 Å². The topological polar surface area (TPSA) is 110 Å². The Bertz CT molecular complexity index is 848. The molecule has 9 heteroatoms. The van der Waals surface area contributed by atoms with Crippen LogP contribution in [0.25, 0.3) is 10.9 Å². The number of nitrogens with two attached hydrogens (primary N) is 2. The zero-order valence-electron chi connectivity index (χ0n) is 21.8. The predicted octanol–water partition coefficient (Wildman–Crippen LogP) is 3.15. The molecule has 0 aliphatic heterocycles. The normalized spacial score (nSPS) is 11.0. The average Bonchev–Trinajstić information content (AvgIpc) is 2.86. The monoisotopic (exact) mass is 493 g/mol. The Morgan fingerprint density at radius 2 is 1.97 bits per heavy atom. The van der Waals surface area contributed by atoms with Gasteiger partial charge in [-0.15, -0.1) is 0 Å². The Morgan fingerprint density at radius 3 is 2.50 bits per heavy atom. The average molecular weight is 494 g/mol. The van der Waals surface area contributed by atoms with E-state index >= 15 is 0 Å². The van der Waals surface area contributed by atoms with Gasteiger partial charge in [0.1, 0.15) is 25.3 Å². The third-order valence-corrected chi connectivity index (χ3v) is 5.58. The van der Waals surface area contributed by atoms with Crippen molar-refractivity contribution in [1.82, 2.24) is 10.3 Å². The Hall–Kier alpha value is -2.20. The van der Waals surface area contributed by atoms with E-state index in [1.165, 1.54) is 0 Å². The van der Waals surface area contributed by atoms with Crippen LogP contribution in [-0.4, -0.2) is 87.6 Å². The summed E-state index contributed by atoms with van der Waals surface area (Å²) in [5.41, 5.74) is 14.3. The predicted molar refractivity (Wildman–Crippen MR) is 150 cm³/mol. The van der Waals surface area contributed by atoms with E-state index < -0.39 is 0 Å². The van der Waals surface area contributed by atoms with Gasteiger partial charge in [-0.2, -0.15) is 16.3 Å². The number of thioether (sulfide) groups is 1. The summed E-state index contributed by atoms with van der Waals surface area (Å²) >= 11 is 1.71. The lowest BCUT2D eigenvalue weighted by Gasteiger charge is -2.21. The van der Waals surface area contributed by atoms with Crippen LogP contribution in [0.2, 0.25) is 0 Å². The van der Waals surface area contributed by atoms with Gasteiger partial charge in [0, 0.05) is 25.6 Å². The first-order chi connectivity index (χ1) is 16.3. The Kier molecular flexibility index (Phi) is 17.9. The minimum Gasteiger partial charge on any atom is -0.378 e. The Balaban J connectivity index is 0.000000754. The van der Waals surface area contributed by atoms with Crippen LogP contribution in [-0.2, 0) is 9.53 Å². The molecule has 0 radical (unpaired) electrons. The second kappa shape index (κ2) is 19.1. The molecule has 0 saturated heterocycles. The van der Waals surface area contributed by atoms with Gasteiger partial charge in [0.25, 0.3) is 5.69 Å². The number of benzene rings is 1. The maximum absolute atomic E-state index is 9.88. The summed E-state index contributed by atoms with van der Waals surface area (Å²) in [7, 11) is 3.99. The molecule has 0 aliphatic rings. The number of rotatable bonds is 12. The molecule has 0 saturated carbocycles. The second-order valence-corrected chi connectivity index (χ2v) is 8.46. The highest BCUT2D eigenvalue weighted by Crippen LogP contribution is 2.38. The van der Waals surface area contributed by atoms with Crippen molar-refractivity contribution < 1.29 is 14.1 Å². The van der Waals surface area contributed by atoms with Crippen LogP contribution in [0.4, 0.5) is 17.2 Å². The van der Waals surface area contributed by atoms with Gasteiger partial charge in [0.05, 0.1) is 11.6 Å². The molecule has 0 amide bonds. The van der Waals surface area contributed by atoms with Gasteiger partial charge in [0.15, 0.2) is 12.4 Å². The molecule has 0 fully saturated rings. The van der Waals surface area contributed by atoms with Crippen LogP contribution in [0.15, 0.2) is 24.3 Å². The van der Waals surface area contributed by atoms with Crippen molar-refractivity contribution in [3.63, 3.8) is 0 Å². The highest BCUT2D eigenvalue weighted by Gasteiger charge is 2.24. The SMILES string of the molecule is C=[N+](CCOCC)c1c(N)nc2ccccc2c1N(C)CC.CCNC.CSCCC(N)C=O. The smallest absolute Gasteiger partial charge is 0.271 e. The molecule has 0 spiro atoms. The number of ether oxygens (including phenoxy) is 1. The molecular weight excluding hydrogens is 448 g/mol.